The third-order valence-corrected chi connectivity index (χ3v) is 6.58. The number of aryl methyl sites for hydroxylation is 1. The van der Waals surface area contributed by atoms with E-state index in [1.807, 2.05) is 43.3 Å². The predicted molar refractivity (Wildman–Crippen MR) is 136 cm³/mol. The van der Waals surface area contributed by atoms with Gasteiger partial charge in [-0.1, -0.05) is 29.8 Å². The average Bonchev–Trinajstić information content (AvgIpc) is 2.87. The summed E-state index contributed by atoms with van der Waals surface area (Å²) in [6, 6.07) is 14.8. The highest BCUT2D eigenvalue weighted by Gasteiger charge is 2.22. The lowest BCUT2D eigenvalue weighted by atomic mass is 10.0. The molecule has 0 aliphatic carbocycles. The number of carbonyl (C=O) groups excluding carboxylic acids is 2. The summed E-state index contributed by atoms with van der Waals surface area (Å²) < 4.78 is 13.1. The van der Waals surface area contributed by atoms with E-state index in [9.17, 15) is 14.0 Å². The van der Waals surface area contributed by atoms with Gasteiger partial charge in [0.1, 0.15) is 5.82 Å². The van der Waals surface area contributed by atoms with Crippen molar-refractivity contribution in [1.82, 2.24) is 15.2 Å². The van der Waals surface area contributed by atoms with Crippen molar-refractivity contribution in [3.05, 3.63) is 65.5 Å². The summed E-state index contributed by atoms with van der Waals surface area (Å²) in [6.45, 7) is 7.59. The molecule has 2 aliphatic heterocycles. The molecule has 0 bridgehead atoms. The second-order valence-electron chi connectivity index (χ2n) is 9.19. The summed E-state index contributed by atoms with van der Waals surface area (Å²) >= 11 is 0. The maximum atomic E-state index is 13.1. The summed E-state index contributed by atoms with van der Waals surface area (Å²) in [4.78, 5) is 29.2. The van der Waals surface area contributed by atoms with Gasteiger partial charge in [-0.3, -0.25) is 14.5 Å². The molecule has 2 aromatic carbocycles. The molecule has 1 fully saturated rings. The fourth-order valence-corrected chi connectivity index (χ4v) is 4.44. The monoisotopic (exact) mass is 479 g/mol. The van der Waals surface area contributed by atoms with Crippen LogP contribution in [-0.4, -0.2) is 73.2 Å². The van der Waals surface area contributed by atoms with E-state index < -0.39 is 0 Å². The lowest BCUT2D eigenvalue weighted by Gasteiger charge is -2.36. The van der Waals surface area contributed by atoms with Gasteiger partial charge in [0.2, 0.25) is 11.8 Å². The van der Waals surface area contributed by atoms with Crippen LogP contribution in [0.1, 0.15) is 36.8 Å². The molecule has 2 aromatic rings. The summed E-state index contributed by atoms with van der Waals surface area (Å²) in [6.07, 6.45) is 2.17. The van der Waals surface area contributed by atoms with Crippen LogP contribution in [0.5, 0.6) is 0 Å². The lowest BCUT2D eigenvalue weighted by molar-refractivity contribution is -0.132. The Hall–Kier alpha value is -3.26. The smallest absolute Gasteiger partial charge is 0.243 e. The number of rotatable bonds is 9. The number of hydrogen-bond donors (Lipinski definition) is 1. The third-order valence-electron chi connectivity index (χ3n) is 6.58. The first-order valence-corrected chi connectivity index (χ1v) is 12.4. The fraction of sp³-hybridized carbons (Fsp3) is 0.444. The Balaban J connectivity index is 1.13. The van der Waals surface area contributed by atoms with Crippen LogP contribution in [0.4, 0.5) is 10.1 Å². The Labute approximate surface area is 206 Å². The molecule has 0 saturated carbocycles. The number of halogens is 1. The van der Waals surface area contributed by atoms with Gasteiger partial charge in [0.05, 0.1) is 12.3 Å². The fourth-order valence-electron chi connectivity index (χ4n) is 4.44. The van der Waals surface area contributed by atoms with Crippen molar-refractivity contribution >= 4 is 23.2 Å². The molecule has 186 valence electrons. The van der Waals surface area contributed by atoms with Gasteiger partial charge in [0.25, 0.3) is 0 Å². The van der Waals surface area contributed by atoms with E-state index in [4.69, 9.17) is 0 Å². The number of hydrogen-bond acceptors (Lipinski definition) is 5. The van der Waals surface area contributed by atoms with Crippen molar-refractivity contribution < 1.29 is 14.0 Å². The number of nitrogens with zero attached hydrogens (tertiary/aromatic N) is 4. The molecule has 4 rings (SSSR count). The number of carbonyl (C=O) groups is 2. The zero-order valence-electron chi connectivity index (χ0n) is 20.4. The molecule has 1 saturated heterocycles. The van der Waals surface area contributed by atoms with Gasteiger partial charge < -0.3 is 10.2 Å². The Bertz CT molecular complexity index is 1030. The summed E-state index contributed by atoms with van der Waals surface area (Å²) in [5, 5.41) is 8.93. The molecule has 0 atom stereocenters. The van der Waals surface area contributed by atoms with Gasteiger partial charge in [0, 0.05) is 57.7 Å². The van der Waals surface area contributed by atoms with Gasteiger partial charge in [-0.15, -0.1) is 0 Å². The molecule has 35 heavy (non-hydrogen) atoms. The van der Waals surface area contributed by atoms with E-state index in [0.29, 0.717) is 25.9 Å². The second kappa shape index (κ2) is 11.9. The van der Waals surface area contributed by atoms with Gasteiger partial charge in [-0.25, -0.2) is 9.40 Å². The van der Waals surface area contributed by atoms with E-state index in [1.165, 1.54) is 22.7 Å². The minimum atomic E-state index is -0.211. The highest BCUT2D eigenvalue weighted by atomic mass is 19.1. The highest BCUT2D eigenvalue weighted by molar-refractivity contribution is 6.04. The van der Waals surface area contributed by atoms with Gasteiger partial charge >= 0.3 is 0 Å². The van der Waals surface area contributed by atoms with E-state index in [-0.39, 0.29) is 24.1 Å². The van der Waals surface area contributed by atoms with Crippen LogP contribution in [0.2, 0.25) is 0 Å². The Morgan fingerprint density at radius 1 is 0.971 bits per heavy atom. The molecule has 8 heteroatoms. The molecule has 2 aliphatic rings. The van der Waals surface area contributed by atoms with Crippen LogP contribution in [0, 0.1) is 12.7 Å². The SMILES string of the molecule is Cc1ccc(C2=NN(CCC(=O)NCCCN3CCN(c4ccc(F)cc4)CC3)C(=O)CC2)cc1. The normalized spacial score (nSPS) is 16.9. The molecular weight excluding hydrogens is 445 g/mol. The molecule has 2 heterocycles. The number of benzene rings is 2. The number of anilines is 1. The maximum absolute atomic E-state index is 13.1. The van der Waals surface area contributed by atoms with E-state index in [2.05, 4.69) is 20.2 Å². The largest absolute Gasteiger partial charge is 0.369 e. The molecule has 0 unspecified atom stereocenters. The standard InChI is InChI=1S/C27H34FN5O2/c1-21-3-5-22(6-4-21)25-11-12-27(35)33(30-25)16-13-26(34)29-14-2-15-31-17-19-32(20-18-31)24-9-7-23(28)8-10-24/h3-10H,2,11-20H2,1H3,(H,29,34). The zero-order chi connectivity index (χ0) is 24.6. The van der Waals surface area contributed by atoms with Crippen LogP contribution in [0.15, 0.2) is 53.6 Å². The minimum absolute atomic E-state index is 0.0339. The molecule has 1 N–H and O–H groups in total. The van der Waals surface area contributed by atoms with Crippen LogP contribution < -0.4 is 10.2 Å². The predicted octanol–water partition coefficient (Wildman–Crippen LogP) is 3.18. The summed E-state index contributed by atoms with van der Waals surface area (Å²) in [5.74, 6) is -0.304. The molecule has 0 radical (unpaired) electrons. The van der Waals surface area contributed by atoms with Crippen molar-refractivity contribution in [3.63, 3.8) is 0 Å². The van der Waals surface area contributed by atoms with Crippen LogP contribution in [-0.2, 0) is 9.59 Å². The van der Waals surface area contributed by atoms with E-state index in [1.54, 1.807) is 0 Å². The molecular formula is C27H34FN5O2. The quantitative estimate of drug-likeness (QED) is 0.561. The van der Waals surface area contributed by atoms with Gasteiger partial charge in [-0.05, 0) is 49.7 Å². The molecule has 0 aromatic heterocycles. The van der Waals surface area contributed by atoms with E-state index >= 15 is 0 Å². The maximum Gasteiger partial charge on any atom is 0.243 e. The second-order valence-corrected chi connectivity index (χ2v) is 9.19. The van der Waals surface area contributed by atoms with Crippen molar-refractivity contribution in [2.75, 3.05) is 50.7 Å². The first kappa shape index (κ1) is 24.9. The van der Waals surface area contributed by atoms with Crippen LogP contribution in [0.3, 0.4) is 0 Å². The average molecular weight is 480 g/mol. The number of nitrogens with one attached hydrogen (secondary N) is 1. The zero-order valence-corrected chi connectivity index (χ0v) is 20.4. The van der Waals surface area contributed by atoms with Crippen molar-refractivity contribution in [2.45, 2.75) is 32.6 Å². The topological polar surface area (TPSA) is 68.2 Å². The van der Waals surface area contributed by atoms with Crippen LogP contribution >= 0.6 is 0 Å². The molecule has 2 amide bonds. The third kappa shape index (κ3) is 7.11. The molecule has 7 nitrogen and oxygen atoms in total. The Morgan fingerprint density at radius 3 is 2.40 bits per heavy atom. The van der Waals surface area contributed by atoms with Crippen molar-refractivity contribution in [1.29, 1.82) is 0 Å². The number of piperazine rings is 1. The summed E-state index contributed by atoms with van der Waals surface area (Å²) in [5.41, 5.74) is 4.16. The van der Waals surface area contributed by atoms with Crippen LogP contribution in [0.25, 0.3) is 0 Å². The first-order chi connectivity index (χ1) is 17.0. The van der Waals surface area contributed by atoms with Crippen molar-refractivity contribution in [2.24, 2.45) is 5.10 Å². The highest BCUT2D eigenvalue weighted by Crippen LogP contribution is 2.18. The molecule has 0 spiro atoms. The van der Waals surface area contributed by atoms with Gasteiger partial charge in [0.15, 0.2) is 0 Å². The first-order valence-electron chi connectivity index (χ1n) is 12.4. The number of hydrazone groups is 1. The summed E-state index contributed by atoms with van der Waals surface area (Å²) in [7, 11) is 0. The minimum Gasteiger partial charge on any atom is -0.369 e. The Kier molecular flexibility index (Phi) is 8.47. The van der Waals surface area contributed by atoms with Gasteiger partial charge in [-0.2, -0.15) is 5.10 Å². The Morgan fingerprint density at radius 2 is 1.69 bits per heavy atom. The number of amides is 2. The van der Waals surface area contributed by atoms with E-state index in [0.717, 1.165) is 56.1 Å². The lowest BCUT2D eigenvalue weighted by Crippen LogP contribution is -2.47. The van der Waals surface area contributed by atoms with Crippen molar-refractivity contribution in [3.8, 4) is 0 Å².